The Hall–Kier alpha value is -3.87. The second-order valence-corrected chi connectivity index (χ2v) is 9.31. The first-order chi connectivity index (χ1) is 17.4. The number of benzene rings is 3. The van der Waals surface area contributed by atoms with E-state index in [9.17, 15) is 9.59 Å². The third kappa shape index (κ3) is 3.98. The van der Waals surface area contributed by atoms with Crippen LogP contribution in [-0.2, 0) is 11.2 Å². The summed E-state index contributed by atoms with van der Waals surface area (Å²) in [4.78, 5) is 29.0. The van der Waals surface area contributed by atoms with Crippen molar-refractivity contribution in [1.82, 2.24) is 10.2 Å². The van der Waals surface area contributed by atoms with Gasteiger partial charge in [0.25, 0.3) is 5.91 Å². The first-order valence-electron chi connectivity index (χ1n) is 12.1. The molecule has 3 unspecified atom stereocenters. The Morgan fingerprint density at radius 2 is 1.64 bits per heavy atom. The molecule has 0 saturated carbocycles. The van der Waals surface area contributed by atoms with Crippen molar-refractivity contribution >= 4 is 11.8 Å². The number of carbonyl (C=O) groups is 2. The highest BCUT2D eigenvalue weighted by atomic mass is 19.1. The second kappa shape index (κ2) is 9.64. The van der Waals surface area contributed by atoms with Crippen molar-refractivity contribution in [2.45, 2.75) is 37.3 Å². The van der Waals surface area contributed by atoms with Crippen LogP contribution in [0.1, 0.15) is 63.5 Å². The predicted octanol–water partition coefficient (Wildman–Crippen LogP) is 4.95. The number of fused-ring (bicyclic) bond motifs is 2. The van der Waals surface area contributed by atoms with Crippen LogP contribution in [0.3, 0.4) is 0 Å². The molecule has 2 amide bonds. The van der Waals surface area contributed by atoms with Gasteiger partial charge < -0.3 is 19.7 Å². The molecule has 7 heteroatoms. The van der Waals surface area contributed by atoms with Crippen LogP contribution in [-0.4, -0.2) is 38.0 Å². The van der Waals surface area contributed by atoms with Gasteiger partial charge in [0.2, 0.25) is 5.91 Å². The molecule has 1 aliphatic carbocycles. The first kappa shape index (κ1) is 23.9. The summed E-state index contributed by atoms with van der Waals surface area (Å²) in [5.41, 5.74) is 3.45. The number of nitrogens with zero attached hydrogens (tertiary/aromatic N) is 1. The summed E-state index contributed by atoms with van der Waals surface area (Å²) in [5, 5.41) is 3.23. The number of ether oxygens (including phenoxy) is 2. The standard InChI is InChI=1S/C29H29FN2O4/c1-32-27(19-12-6-7-13-22(19)30)26(20-15-24(35-2)25(36-3)16-21(20)29(32)34)28(33)31-23-14-8-10-17-9-4-5-11-18(17)23/h4-7,9,11-13,15-16,23,26-27H,8,10,14H2,1-3H3,(H,31,33). The van der Waals surface area contributed by atoms with Gasteiger partial charge in [0, 0.05) is 18.2 Å². The normalized spacial score (nSPS) is 20.8. The van der Waals surface area contributed by atoms with E-state index in [1.807, 2.05) is 18.2 Å². The molecule has 1 heterocycles. The predicted molar refractivity (Wildman–Crippen MR) is 134 cm³/mol. The summed E-state index contributed by atoms with van der Waals surface area (Å²) >= 11 is 0. The minimum Gasteiger partial charge on any atom is -0.493 e. The number of hydrogen-bond acceptors (Lipinski definition) is 4. The Morgan fingerprint density at radius 3 is 2.36 bits per heavy atom. The summed E-state index contributed by atoms with van der Waals surface area (Å²) in [6, 6.07) is 16.7. The number of methoxy groups -OCH3 is 2. The number of halogens is 1. The zero-order valence-corrected chi connectivity index (χ0v) is 20.6. The molecule has 1 aliphatic heterocycles. The molecule has 0 bridgehead atoms. The van der Waals surface area contributed by atoms with Crippen LogP contribution in [0, 0.1) is 5.82 Å². The van der Waals surface area contributed by atoms with E-state index in [2.05, 4.69) is 11.4 Å². The number of rotatable bonds is 5. The topological polar surface area (TPSA) is 67.9 Å². The molecule has 5 rings (SSSR count). The lowest BCUT2D eigenvalue weighted by Gasteiger charge is -2.41. The fourth-order valence-corrected chi connectivity index (χ4v) is 5.60. The van der Waals surface area contributed by atoms with Crippen molar-refractivity contribution in [2.75, 3.05) is 21.3 Å². The van der Waals surface area contributed by atoms with Crippen molar-refractivity contribution in [2.24, 2.45) is 0 Å². The van der Waals surface area contributed by atoms with Crippen LogP contribution in [0.25, 0.3) is 0 Å². The first-order valence-corrected chi connectivity index (χ1v) is 12.1. The van der Waals surface area contributed by atoms with Crippen LogP contribution >= 0.6 is 0 Å². The molecule has 0 aromatic heterocycles. The van der Waals surface area contributed by atoms with Crippen LogP contribution in [0.5, 0.6) is 11.5 Å². The molecule has 3 aromatic rings. The quantitative estimate of drug-likeness (QED) is 0.552. The zero-order chi connectivity index (χ0) is 25.4. The second-order valence-electron chi connectivity index (χ2n) is 9.31. The fraction of sp³-hybridized carbons (Fsp3) is 0.310. The minimum absolute atomic E-state index is 0.157. The SMILES string of the molecule is COc1cc2c(cc1OC)C(C(=O)NC1CCCc3ccccc31)C(c1ccccc1F)N(C)C2=O. The zero-order valence-electron chi connectivity index (χ0n) is 20.6. The van der Waals surface area contributed by atoms with Crippen LogP contribution in [0.2, 0.25) is 0 Å². The van der Waals surface area contributed by atoms with E-state index < -0.39 is 17.8 Å². The molecule has 0 radical (unpaired) electrons. The summed E-state index contributed by atoms with van der Waals surface area (Å²) in [6.45, 7) is 0. The van der Waals surface area contributed by atoms with E-state index in [1.165, 1.54) is 30.7 Å². The van der Waals surface area contributed by atoms with Gasteiger partial charge in [-0.25, -0.2) is 4.39 Å². The molecule has 36 heavy (non-hydrogen) atoms. The third-order valence-electron chi connectivity index (χ3n) is 7.37. The van der Waals surface area contributed by atoms with E-state index >= 15 is 4.39 Å². The smallest absolute Gasteiger partial charge is 0.254 e. The number of aryl methyl sites for hydroxylation is 1. The van der Waals surface area contributed by atoms with Gasteiger partial charge in [0.1, 0.15) is 5.82 Å². The molecular weight excluding hydrogens is 459 g/mol. The number of nitrogens with one attached hydrogen (secondary N) is 1. The van der Waals surface area contributed by atoms with Crippen molar-refractivity contribution in [1.29, 1.82) is 0 Å². The van der Waals surface area contributed by atoms with E-state index in [1.54, 1.807) is 37.4 Å². The van der Waals surface area contributed by atoms with Gasteiger partial charge in [0.15, 0.2) is 11.5 Å². The summed E-state index contributed by atoms with van der Waals surface area (Å²) in [6.07, 6.45) is 2.75. The lowest BCUT2D eigenvalue weighted by Crippen LogP contribution is -2.46. The van der Waals surface area contributed by atoms with Gasteiger partial charge in [-0.15, -0.1) is 0 Å². The van der Waals surface area contributed by atoms with Gasteiger partial charge in [0.05, 0.1) is 32.2 Å². The third-order valence-corrected chi connectivity index (χ3v) is 7.37. The molecule has 3 atom stereocenters. The van der Waals surface area contributed by atoms with Crippen molar-refractivity contribution in [3.8, 4) is 11.5 Å². The molecular formula is C29H29FN2O4. The highest BCUT2D eigenvalue weighted by molar-refractivity contribution is 6.02. The van der Waals surface area contributed by atoms with Crippen molar-refractivity contribution in [3.05, 3.63) is 94.3 Å². The van der Waals surface area contributed by atoms with Crippen LogP contribution in [0.4, 0.5) is 4.39 Å². The molecule has 2 aliphatic rings. The lowest BCUT2D eigenvalue weighted by molar-refractivity contribution is -0.125. The minimum atomic E-state index is -0.853. The number of likely N-dealkylation sites (N-methyl/N-ethyl adjacent to an activating group) is 1. The molecule has 3 aromatic carbocycles. The average molecular weight is 489 g/mol. The maximum Gasteiger partial charge on any atom is 0.254 e. The lowest BCUT2D eigenvalue weighted by atomic mass is 9.78. The maximum absolute atomic E-state index is 15.1. The monoisotopic (exact) mass is 488 g/mol. The molecule has 0 saturated heterocycles. The Bertz CT molecular complexity index is 1320. The number of carbonyl (C=O) groups excluding carboxylic acids is 2. The summed E-state index contributed by atoms with van der Waals surface area (Å²) < 4.78 is 26.0. The van der Waals surface area contributed by atoms with E-state index in [4.69, 9.17) is 9.47 Å². The largest absolute Gasteiger partial charge is 0.493 e. The Balaban J connectivity index is 1.64. The molecule has 0 spiro atoms. The highest BCUT2D eigenvalue weighted by Crippen LogP contribution is 2.46. The number of amides is 2. The molecule has 0 fully saturated rings. The van der Waals surface area contributed by atoms with Gasteiger partial charge in [-0.2, -0.15) is 0 Å². The summed E-state index contributed by atoms with van der Waals surface area (Å²) in [5.74, 6) is -1.10. The molecule has 1 N–H and O–H groups in total. The maximum atomic E-state index is 15.1. The fourth-order valence-electron chi connectivity index (χ4n) is 5.60. The number of hydrogen-bond donors (Lipinski definition) is 1. The van der Waals surface area contributed by atoms with E-state index in [0.29, 0.717) is 22.6 Å². The van der Waals surface area contributed by atoms with Crippen LogP contribution < -0.4 is 14.8 Å². The Morgan fingerprint density at radius 1 is 0.972 bits per heavy atom. The van der Waals surface area contributed by atoms with E-state index in [0.717, 1.165) is 24.8 Å². The van der Waals surface area contributed by atoms with Crippen molar-refractivity contribution < 1.29 is 23.5 Å². The van der Waals surface area contributed by atoms with Crippen LogP contribution in [0.15, 0.2) is 60.7 Å². The Labute approximate surface area is 210 Å². The molecule has 186 valence electrons. The summed E-state index contributed by atoms with van der Waals surface area (Å²) in [7, 11) is 4.60. The molecule has 6 nitrogen and oxygen atoms in total. The van der Waals surface area contributed by atoms with Crippen molar-refractivity contribution in [3.63, 3.8) is 0 Å². The van der Waals surface area contributed by atoms with E-state index in [-0.39, 0.29) is 23.4 Å². The average Bonchev–Trinajstić information content (AvgIpc) is 2.90. The highest BCUT2D eigenvalue weighted by Gasteiger charge is 2.45. The van der Waals surface area contributed by atoms with Gasteiger partial charge in [-0.1, -0.05) is 42.5 Å². The van der Waals surface area contributed by atoms with Gasteiger partial charge >= 0.3 is 0 Å². The van der Waals surface area contributed by atoms with Gasteiger partial charge in [-0.05, 0) is 54.2 Å². The Kier molecular flexibility index (Phi) is 6.39. The van der Waals surface area contributed by atoms with Gasteiger partial charge in [-0.3, -0.25) is 9.59 Å².